The van der Waals surface area contributed by atoms with Crippen LogP contribution >= 0.6 is 0 Å². The summed E-state index contributed by atoms with van der Waals surface area (Å²) in [5.74, 6) is 0. The fourth-order valence-electron chi connectivity index (χ4n) is 5.13. The molecule has 29 heavy (non-hydrogen) atoms. The van der Waals surface area contributed by atoms with E-state index in [1.54, 1.807) is 4.31 Å². The molecule has 0 amide bonds. The molecule has 3 aromatic carbocycles. The number of benzene rings is 3. The lowest BCUT2D eigenvalue weighted by Crippen LogP contribution is -2.52. The van der Waals surface area contributed by atoms with Crippen LogP contribution in [0.15, 0.2) is 59.5 Å². The van der Waals surface area contributed by atoms with E-state index in [1.165, 1.54) is 32.1 Å². The van der Waals surface area contributed by atoms with Gasteiger partial charge in [-0.15, -0.1) is 0 Å². The van der Waals surface area contributed by atoms with E-state index in [2.05, 4.69) is 11.0 Å². The SMILES string of the molecule is O=S(=O)(c1c2ccccc2cc2ccccc12)N1CCN(C2CCCCC2)CC1. The molecule has 2 fully saturated rings. The van der Waals surface area contributed by atoms with Crippen molar-refractivity contribution in [3.05, 3.63) is 54.6 Å². The van der Waals surface area contributed by atoms with Gasteiger partial charge in [0.1, 0.15) is 0 Å². The highest BCUT2D eigenvalue weighted by atomic mass is 32.2. The van der Waals surface area contributed by atoms with Gasteiger partial charge in [0.05, 0.1) is 4.90 Å². The van der Waals surface area contributed by atoms with Gasteiger partial charge in [0.25, 0.3) is 0 Å². The molecule has 5 rings (SSSR count). The maximum absolute atomic E-state index is 13.8. The number of sulfonamides is 1. The second-order valence-electron chi connectivity index (χ2n) is 8.38. The monoisotopic (exact) mass is 408 g/mol. The van der Waals surface area contributed by atoms with Crippen molar-refractivity contribution in [2.45, 2.75) is 43.0 Å². The second-order valence-corrected chi connectivity index (χ2v) is 10.3. The summed E-state index contributed by atoms with van der Waals surface area (Å²) >= 11 is 0. The number of nitrogens with zero attached hydrogens (tertiary/aromatic N) is 2. The molecule has 1 aliphatic carbocycles. The van der Waals surface area contributed by atoms with Crippen molar-refractivity contribution in [1.82, 2.24) is 9.21 Å². The Morgan fingerprint density at radius 3 is 1.86 bits per heavy atom. The lowest BCUT2D eigenvalue weighted by Gasteiger charge is -2.40. The van der Waals surface area contributed by atoms with Crippen molar-refractivity contribution < 1.29 is 8.42 Å². The maximum Gasteiger partial charge on any atom is 0.244 e. The smallest absolute Gasteiger partial charge is 0.244 e. The molecule has 1 aliphatic heterocycles. The summed E-state index contributed by atoms with van der Waals surface area (Å²) in [5.41, 5.74) is 0. The Morgan fingerprint density at radius 1 is 0.724 bits per heavy atom. The minimum atomic E-state index is -3.56. The van der Waals surface area contributed by atoms with Crippen LogP contribution in [0.5, 0.6) is 0 Å². The molecule has 0 unspecified atom stereocenters. The fourth-order valence-corrected chi connectivity index (χ4v) is 6.96. The third kappa shape index (κ3) is 3.45. The highest BCUT2D eigenvalue weighted by Crippen LogP contribution is 2.34. The highest BCUT2D eigenvalue weighted by molar-refractivity contribution is 7.89. The number of hydrogen-bond acceptors (Lipinski definition) is 3. The first kappa shape index (κ1) is 19.0. The van der Waals surface area contributed by atoms with Crippen molar-refractivity contribution >= 4 is 31.6 Å². The molecule has 1 heterocycles. The lowest BCUT2D eigenvalue weighted by atomic mass is 9.94. The van der Waals surface area contributed by atoms with E-state index in [1.807, 2.05) is 48.5 Å². The van der Waals surface area contributed by atoms with Crippen molar-refractivity contribution in [3.8, 4) is 0 Å². The summed E-state index contributed by atoms with van der Waals surface area (Å²) < 4.78 is 29.3. The molecule has 0 atom stereocenters. The summed E-state index contributed by atoms with van der Waals surface area (Å²) in [7, 11) is -3.56. The molecule has 1 saturated carbocycles. The van der Waals surface area contributed by atoms with Crippen LogP contribution in [0.3, 0.4) is 0 Å². The van der Waals surface area contributed by atoms with Gasteiger partial charge < -0.3 is 0 Å². The molecule has 3 aromatic rings. The van der Waals surface area contributed by atoms with Gasteiger partial charge in [0.2, 0.25) is 10.0 Å². The number of hydrogen-bond donors (Lipinski definition) is 0. The molecule has 2 aliphatic rings. The zero-order valence-electron chi connectivity index (χ0n) is 16.8. The van der Waals surface area contributed by atoms with Crippen LogP contribution in [0.2, 0.25) is 0 Å². The van der Waals surface area contributed by atoms with Crippen LogP contribution < -0.4 is 0 Å². The van der Waals surface area contributed by atoms with E-state index in [0.717, 1.165) is 34.6 Å². The van der Waals surface area contributed by atoms with Gasteiger partial charge in [0, 0.05) is 43.0 Å². The second kappa shape index (κ2) is 7.71. The average Bonchev–Trinajstić information content (AvgIpc) is 2.78. The topological polar surface area (TPSA) is 40.6 Å². The molecule has 0 radical (unpaired) electrons. The molecule has 0 N–H and O–H groups in total. The molecule has 0 bridgehead atoms. The third-order valence-corrected chi connectivity index (χ3v) is 8.68. The van der Waals surface area contributed by atoms with E-state index in [0.29, 0.717) is 24.0 Å². The zero-order valence-corrected chi connectivity index (χ0v) is 17.6. The standard InChI is InChI=1S/C24H28N2O2S/c27-29(28,26-16-14-25(15-17-26)21-10-2-1-3-11-21)24-22-12-6-4-8-19(22)18-20-9-5-7-13-23(20)24/h4-9,12-13,18,21H,1-3,10-11,14-17H2. The summed E-state index contributed by atoms with van der Waals surface area (Å²) in [6, 6.07) is 18.4. The maximum atomic E-state index is 13.8. The Labute approximate surface area is 173 Å². The quantitative estimate of drug-likeness (QED) is 0.593. The van der Waals surface area contributed by atoms with Crippen molar-refractivity contribution in [1.29, 1.82) is 0 Å². The number of rotatable bonds is 3. The van der Waals surface area contributed by atoms with Crippen molar-refractivity contribution in [3.63, 3.8) is 0 Å². The van der Waals surface area contributed by atoms with Crippen LogP contribution in [0.4, 0.5) is 0 Å². The Morgan fingerprint density at radius 2 is 1.28 bits per heavy atom. The molecule has 0 spiro atoms. The third-order valence-electron chi connectivity index (χ3n) is 6.68. The Bertz CT molecular complexity index is 1070. The zero-order chi connectivity index (χ0) is 19.8. The molecule has 5 heteroatoms. The summed E-state index contributed by atoms with van der Waals surface area (Å²) in [4.78, 5) is 2.99. The van der Waals surface area contributed by atoms with Gasteiger partial charge in [-0.1, -0.05) is 67.8 Å². The summed E-state index contributed by atoms with van der Waals surface area (Å²) in [6.07, 6.45) is 6.50. The van der Waals surface area contributed by atoms with E-state index in [4.69, 9.17) is 0 Å². The average molecular weight is 409 g/mol. The first-order valence-corrected chi connectivity index (χ1v) is 12.2. The minimum Gasteiger partial charge on any atom is -0.298 e. The molecule has 152 valence electrons. The molecule has 4 nitrogen and oxygen atoms in total. The van der Waals surface area contributed by atoms with Crippen LogP contribution in [-0.2, 0) is 10.0 Å². The molecule has 1 saturated heterocycles. The van der Waals surface area contributed by atoms with Gasteiger partial charge >= 0.3 is 0 Å². The normalized spacial score (nSPS) is 20.4. The number of fused-ring (bicyclic) bond motifs is 2. The van der Waals surface area contributed by atoms with E-state index >= 15 is 0 Å². The Hall–Kier alpha value is -1.95. The van der Waals surface area contributed by atoms with E-state index in [9.17, 15) is 8.42 Å². The van der Waals surface area contributed by atoms with Gasteiger partial charge in [0.15, 0.2) is 0 Å². The fraction of sp³-hybridized carbons (Fsp3) is 0.417. The van der Waals surface area contributed by atoms with Crippen LogP contribution in [-0.4, -0.2) is 49.8 Å². The first-order valence-electron chi connectivity index (χ1n) is 10.8. The Kier molecular flexibility index (Phi) is 5.06. The molecule has 0 aromatic heterocycles. The van der Waals surface area contributed by atoms with Gasteiger partial charge in [-0.3, -0.25) is 4.90 Å². The summed E-state index contributed by atoms with van der Waals surface area (Å²) in [5, 5.41) is 3.60. The van der Waals surface area contributed by atoms with Crippen molar-refractivity contribution in [2.75, 3.05) is 26.2 Å². The highest BCUT2D eigenvalue weighted by Gasteiger charge is 2.33. The Balaban J connectivity index is 1.51. The first-order chi connectivity index (χ1) is 14.1. The number of piperazine rings is 1. The molecular weight excluding hydrogens is 380 g/mol. The predicted molar refractivity (Wildman–Crippen MR) is 119 cm³/mol. The minimum absolute atomic E-state index is 0.470. The van der Waals surface area contributed by atoms with Crippen LogP contribution in [0.25, 0.3) is 21.5 Å². The van der Waals surface area contributed by atoms with Crippen LogP contribution in [0, 0.1) is 0 Å². The largest absolute Gasteiger partial charge is 0.298 e. The van der Waals surface area contributed by atoms with Gasteiger partial charge in [-0.2, -0.15) is 4.31 Å². The van der Waals surface area contributed by atoms with Crippen LogP contribution in [0.1, 0.15) is 32.1 Å². The summed E-state index contributed by atoms with van der Waals surface area (Å²) in [6.45, 7) is 2.84. The lowest BCUT2D eigenvalue weighted by molar-refractivity contribution is 0.111. The molecular formula is C24H28N2O2S. The predicted octanol–water partition coefficient (Wildman–Crippen LogP) is 4.63. The van der Waals surface area contributed by atoms with Gasteiger partial charge in [-0.25, -0.2) is 8.42 Å². The van der Waals surface area contributed by atoms with E-state index < -0.39 is 10.0 Å². The van der Waals surface area contributed by atoms with E-state index in [-0.39, 0.29) is 0 Å². The van der Waals surface area contributed by atoms with Gasteiger partial charge in [-0.05, 0) is 29.7 Å². The van der Waals surface area contributed by atoms with Crippen molar-refractivity contribution in [2.24, 2.45) is 0 Å².